The molecule has 0 unspecified atom stereocenters. The van der Waals surface area contributed by atoms with Crippen LogP contribution < -0.4 is 4.74 Å². The van der Waals surface area contributed by atoms with Crippen molar-refractivity contribution in [2.45, 2.75) is 46.6 Å². The minimum atomic E-state index is 0.153. The number of allylic oxidation sites excluding steroid dienone is 2. The third kappa shape index (κ3) is 5.13. The monoisotopic (exact) mass is 400 g/mol. The number of hydrogen-bond donors (Lipinski definition) is 0. The van der Waals surface area contributed by atoms with Gasteiger partial charge < -0.3 is 14.5 Å². The molecule has 28 heavy (non-hydrogen) atoms. The molecule has 2 heterocycles. The molecule has 0 bridgehead atoms. The molecule has 2 aliphatic rings. The maximum absolute atomic E-state index is 13.0. The molecule has 0 spiro atoms. The van der Waals surface area contributed by atoms with Gasteiger partial charge in [-0.1, -0.05) is 43.8 Å². The third-order valence-electron chi connectivity index (χ3n) is 5.44. The molecular weight excluding hydrogens is 368 g/mol. The largest absolute Gasteiger partial charge is 0.491 e. The summed E-state index contributed by atoms with van der Waals surface area (Å²) in [5.74, 6) is 1.62. The fourth-order valence-corrected chi connectivity index (χ4v) is 4.47. The topological polar surface area (TPSA) is 32.8 Å². The van der Waals surface area contributed by atoms with Gasteiger partial charge in [-0.3, -0.25) is 0 Å². The Morgan fingerprint density at radius 2 is 2.04 bits per heavy atom. The van der Waals surface area contributed by atoms with Crippen LogP contribution in [0, 0.1) is 5.92 Å². The first-order valence-electron chi connectivity index (χ1n) is 10.4. The number of fused-ring (bicyclic) bond motifs is 1. The maximum Gasteiger partial charge on any atom is 0.320 e. The van der Waals surface area contributed by atoms with Crippen LogP contribution in [0.3, 0.4) is 0 Å². The first-order valence-corrected chi connectivity index (χ1v) is 11.3. The Balaban J connectivity index is 1.75. The van der Waals surface area contributed by atoms with Crippen LogP contribution in [0.2, 0.25) is 0 Å². The van der Waals surface area contributed by atoms with E-state index in [0.29, 0.717) is 19.7 Å². The number of ether oxygens (including phenoxy) is 1. The van der Waals surface area contributed by atoms with Crippen LogP contribution in [0.4, 0.5) is 4.79 Å². The summed E-state index contributed by atoms with van der Waals surface area (Å²) in [5, 5.41) is 2.14. The van der Waals surface area contributed by atoms with Crippen molar-refractivity contribution < 1.29 is 9.53 Å². The highest BCUT2D eigenvalue weighted by molar-refractivity contribution is 8.10. The van der Waals surface area contributed by atoms with Crippen LogP contribution in [0.15, 0.2) is 35.8 Å². The summed E-state index contributed by atoms with van der Waals surface area (Å²) in [5.41, 5.74) is 2.27. The van der Waals surface area contributed by atoms with Gasteiger partial charge in [-0.15, -0.1) is 0 Å². The van der Waals surface area contributed by atoms with Gasteiger partial charge in [-0.2, -0.15) is 0 Å². The number of hydrogen-bond acceptors (Lipinski definition) is 3. The molecule has 1 aromatic carbocycles. The molecule has 0 radical (unpaired) electrons. The number of piperidine rings is 1. The summed E-state index contributed by atoms with van der Waals surface area (Å²) in [6.45, 7) is 10.0. The summed E-state index contributed by atoms with van der Waals surface area (Å²) < 4.78 is 5.95. The smallest absolute Gasteiger partial charge is 0.320 e. The van der Waals surface area contributed by atoms with E-state index in [1.54, 1.807) is 11.8 Å². The predicted molar refractivity (Wildman–Crippen MR) is 118 cm³/mol. The van der Waals surface area contributed by atoms with Crippen LogP contribution >= 0.6 is 11.8 Å². The van der Waals surface area contributed by atoms with Gasteiger partial charge in [-0.25, -0.2) is 4.79 Å². The van der Waals surface area contributed by atoms with E-state index in [9.17, 15) is 4.79 Å². The molecule has 152 valence electrons. The van der Waals surface area contributed by atoms with Gasteiger partial charge in [0.15, 0.2) is 0 Å². The number of carbonyl (C=O) groups is 1. The summed E-state index contributed by atoms with van der Waals surface area (Å²) in [4.78, 5) is 18.2. The first kappa shape index (κ1) is 20.8. The summed E-state index contributed by atoms with van der Waals surface area (Å²) in [6.07, 6.45) is 7.55. The van der Waals surface area contributed by atoms with Crippen molar-refractivity contribution in [1.82, 2.24) is 9.80 Å². The Bertz CT molecular complexity index is 736. The molecule has 2 aliphatic heterocycles. The Morgan fingerprint density at radius 3 is 2.75 bits per heavy atom. The lowest BCUT2D eigenvalue weighted by atomic mass is 9.99. The molecule has 0 aliphatic carbocycles. The molecule has 0 atom stereocenters. The Kier molecular flexibility index (Phi) is 7.49. The van der Waals surface area contributed by atoms with E-state index in [1.807, 2.05) is 9.80 Å². The number of amides is 2. The van der Waals surface area contributed by atoms with Gasteiger partial charge in [0, 0.05) is 23.6 Å². The van der Waals surface area contributed by atoms with Crippen molar-refractivity contribution in [3.05, 3.63) is 46.9 Å². The highest BCUT2D eigenvalue weighted by Crippen LogP contribution is 2.33. The van der Waals surface area contributed by atoms with E-state index in [1.165, 1.54) is 10.5 Å². The minimum Gasteiger partial charge on any atom is -0.491 e. The van der Waals surface area contributed by atoms with E-state index >= 15 is 0 Å². The van der Waals surface area contributed by atoms with Crippen LogP contribution in [0.25, 0.3) is 4.91 Å². The van der Waals surface area contributed by atoms with Crippen molar-refractivity contribution >= 4 is 22.7 Å². The number of benzene rings is 1. The minimum absolute atomic E-state index is 0.153. The molecule has 0 N–H and O–H groups in total. The van der Waals surface area contributed by atoms with Gasteiger partial charge in [0.25, 0.3) is 0 Å². The number of thioether (sulfide) groups is 1. The molecule has 0 aromatic heterocycles. The quantitative estimate of drug-likeness (QED) is 0.645. The number of likely N-dealkylation sites (tertiary alicyclic amines) is 1. The number of nitrogens with zero attached hydrogens (tertiary/aromatic N) is 2. The molecule has 1 saturated heterocycles. The van der Waals surface area contributed by atoms with E-state index in [4.69, 9.17) is 4.74 Å². The standard InChI is InChI=1S/C23H32N2O2S/c1-4-6-15-28-22(5-2)19-7-8-21-20(16-19)17-25(13-14-27-21)23(26)24-11-9-18(3)10-12-24/h5-8,15-16,18H,4,9-14,17H2,1-3H3. The van der Waals surface area contributed by atoms with Gasteiger partial charge in [-0.05, 0) is 55.2 Å². The summed E-state index contributed by atoms with van der Waals surface area (Å²) in [6, 6.07) is 6.50. The van der Waals surface area contributed by atoms with Gasteiger partial charge >= 0.3 is 6.03 Å². The highest BCUT2D eigenvalue weighted by atomic mass is 32.2. The molecular formula is C23H32N2O2S. The van der Waals surface area contributed by atoms with Crippen molar-refractivity contribution in [2.24, 2.45) is 5.92 Å². The zero-order valence-corrected chi connectivity index (χ0v) is 18.1. The number of urea groups is 1. The molecule has 5 heteroatoms. The average molecular weight is 401 g/mol. The third-order valence-corrected chi connectivity index (χ3v) is 6.49. The van der Waals surface area contributed by atoms with Gasteiger partial charge in [0.2, 0.25) is 0 Å². The second-order valence-corrected chi connectivity index (χ2v) is 8.54. The lowest BCUT2D eigenvalue weighted by molar-refractivity contribution is 0.129. The first-order chi connectivity index (χ1) is 13.6. The van der Waals surface area contributed by atoms with E-state index < -0.39 is 0 Å². The van der Waals surface area contributed by atoms with E-state index in [2.05, 4.69) is 56.5 Å². The van der Waals surface area contributed by atoms with Crippen LogP contribution in [0.5, 0.6) is 5.75 Å². The van der Waals surface area contributed by atoms with Crippen molar-refractivity contribution in [2.75, 3.05) is 26.2 Å². The van der Waals surface area contributed by atoms with Gasteiger partial charge in [0.05, 0.1) is 13.1 Å². The highest BCUT2D eigenvalue weighted by Gasteiger charge is 2.27. The number of rotatable bonds is 4. The van der Waals surface area contributed by atoms with E-state index in [-0.39, 0.29) is 6.03 Å². The average Bonchev–Trinajstić information content (AvgIpc) is 2.93. The predicted octanol–water partition coefficient (Wildman–Crippen LogP) is 5.75. The Morgan fingerprint density at radius 1 is 1.25 bits per heavy atom. The molecule has 3 rings (SSSR count). The second-order valence-electron chi connectivity index (χ2n) is 7.60. The fraction of sp³-hybridized carbons (Fsp3) is 0.522. The van der Waals surface area contributed by atoms with Crippen LogP contribution in [-0.4, -0.2) is 42.1 Å². The summed E-state index contributed by atoms with van der Waals surface area (Å²) in [7, 11) is 0. The molecule has 0 saturated carbocycles. The normalized spacial score (nSPS) is 18.8. The fourth-order valence-electron chi connectivity index (χ4n) is 3.63. The van der Waals surface area contributed by atoms with Crippen molar-refractivity contribution in [3.63, 3.8) is 0 Å². The Hall–Kier alpha value is -1.88. The van der Waals surface area contributed by atoms with Crippen molar-refractivity contribution in [3.8, 4) is 5.75 Å². The van der Waals surface area contributed by atoms with E-state index in [0.717, 1.165) is 49.6 Å². The van der Waals surface area contributed by atoms with Crippen molar-refractivity contribution in [1.29, 1.82) is 0 Å². The Labute approximate surface area is 173 Å². The molecule has 2 amide bonds. The number of carbonyl (C=O) groups excluding carboxylic acids is 1. The van der Waals surface area contributed by atoms with Crippen LogP contribution in [0.1, 0.15) is 51.2 Å². The molecule has 4 nitrogen and oxygen atoms in total. The molecule has 1 aromatic rings. The maximum atomic E-state index is 13.0. The lowest BCUT2D eigenvalue weighted by Crippen LogP contribution is -2.46. The zero-order chi connectivity index (χ0) is 19.9. The zero-order valence-electron chi connectivity index (χ0n) is 17.3. The second kappa shape index (κ2) is 10.1. The van der Waals surface area contributed by atoms with Crippen LogP contribution in [-0.2, 0) is 6.54 Å². The summed E-state index contributed by atoms with van der Waals surface area (Å²) >= 11 is 1.74. The lowest BCUT2D eigenvalue weighted by Gasteiger charge is -2.34. The van der Waals surface area contributed by atoms with Gasteiger partial charge in [0.1, 0.15) is 12.4 Å². The molecule has 1 fully saturated rings. The SMILES string of the molecule is CC=C(SC=CCC)c1ccc2c(c1)CN(C(=O)N1CCC(C)CC1)CCO2.